The van der Waals surface area contributed by atoms with E-state index in [1.165, 1.54) is 30.7 Å². The summed E-state index contributed by atoms with van der Waals surface area (Å²) in [5.41, 5.74) is 3.16. The Bertz CT molecular complexity index is 624. The summed E-state index contributed by atoms with van der Waals surface area (Å²) in [5, 5.41) is 13.5. The van der Waals surface area contributed by atoms with Gasteiger partial charge in [-0.15, -0.1) is 0 Å². The maximum atomic E-state index is 12.0. The molecule has 0 bridgehead atoms. The van der Waals surface area contributed by atoms with Gasteiger partial charge in [0.1, 0.15) is 5.56 Å². The molecule has 1 amide bonds. The topological polar surface area (TPSA) is 123 Å². The number of hydrogen-bond acceptors (Lipinski definition) is 6. The minimum absolute atomic E-state index is 0.0612. The van der Waals surface area contributed by atoms with E-state index in [0.29, 0.717) is 5.69 Å². The number of nitro groups is 1. The Labute approximate surface area is 113 Å². The van der Waals surface area contributed by atoms with E-state index in [1.807, 2.05) is 0 Å². The van der Waals surface area contributed by atoms with Crippen LogP contribution >= 0.6 is 0 Å². The van der Waals surface area contributed by atoms with Crippen molar-refractivity contribution in [3.63, 3.8) is 0 Å². The molecule has 20 heavy (non-hydrogen) atoms. The summed E-state index contributed by atoms with van der Waals surface area (Å²) in [7, 11) is 0. The molecule has 0 fully saturated rings. The van der Waals surface area contributed by atoms with Crippen LogP contribution in [0.4, 0.5) is 11.4 Å². The van der Waals surface area contributed by atoms with Crippen molar-refractivity contribution >= 4 is 17.3 Å². The number of nitrogens with zero attached hydrogens (tertiary/aromatic N) is 1. The van der Waals surface area contributed by atoms with Crippen LogP contribution in [-0.4, -0.2) is 10.8 Å². The van der Waals surface area contributed by atoms with Gasteiger partial charge in [-0.1, -0.05) is 0 Å². The first-order valence-corrected chi connectivity index (χ1v) is 5.66. The van der Waals surface area contributed by atoms with Crippen molar-refractivity contribution in [3.8, 4) is 0 Å². The van der Waals surface area contributed by atoms with Crippen LogP contribution in [0.15, 0.2) is 41.2 Å². The van der Waals surface area contributed by atoms with Crippen molar-refractivity contribution < 1.29 is 14.1 Å². The molecular weight excluding hydrogens is 264 g/mol. The molecule has 0 atom stereocenters. The van der Waals surface area contributed by atoms with Gasteiger partial charge in [0.2, 0.25) is 0 Å². The summed E-state index contributed by atoms with van der Waals surface area (Å²) >= 11 is 0. The molecule has 1 aromatic carbocycles. The van der Waals surface area contributed by atoms with E-state index in [-0.39, 0.29) is 17.8 Å². The Morgan fingerprint density at radius 2 is 2.20 bits per heavy atom. The fourth-order valence-electron chi connectivity index (χ4n) is 1.64. The van der Waals surface area contributed by atoms with E-state index >= 15 is 0 Å². The van der Waals surface area contributed by atoms with E-state index in [4.69, 9.17) is 10.3 Å². The van der Waals surface area contributed by atoms with Crippen molar-refractivity contribution in [3.05, 3.63) is 58.0 Å². The molecule has 2 aromatic rings. The number of hydrogen-bond donors (Lipinski definition) is 3. The molecule has 0 aliphatic carbocycles. The average Bonchev–Trinajstić information content (AvgIpc) is 2.97. The zero-order chi connectivity index (χ0) is 14.5. The van der Waals surface area contributed by atoms with Gasteiger partial charge in [0.15, 0.2) is 0 Å². The van der Waals surface area contributed by atoms with Crippen molar-refractivity contribution in [2.24, 2.45) is 5.84 Å². The average molecular weight is 276 g/mol. The largest absolute Gasteiger partial charge is 0.472 e. The molecule has 0 aliphatic heterocycles. The summed E-state index contributed by atoms with van der Waals surface area (Å²) in [6, 6.07) is 5.66. The lowest BCUT2D eigenvalue weighted by molar-refractivity contribution is -0.385. The van der Waals surface area contributed by atoms with E-state index in [9.17, 15) is 14.9 Å². The van der Waals surface area contributed by atoms with E-state index in [2.05, 4.69) is 10.7 Å². The zero-order valence-corrected chi connectivity index (χ0v) is 10.3. The van der Waals surface area contributed by atoms with Crippen LogP contribution in [-0.2, 0) is 6.54 Å². The van der Waals surface area contributed by atoms with Gasteiger partial charge in [-0.3, -0.25) is 20.8 Å². The molecule has 1 aromatic heterocycles. The molecule has 1 heterocycles. The molecule has 0 radical (unpaired) electrons. The van der Waals surface area contributed by atoms with E-state index < -0.39 is 10.8 Å². The minimum atomic E-state index is -0.618. The first kappa shape index (κ1) is 13.6. The number of rotatable bonds is 5. The summed E-state index contributed by atoms with van der Waals surface area (Å²) in [6.45, 7) is 0.215. The fraction of sp³-hybridized carbons (Fsp3) is 0.0833. The Kier molecular flexibility index (Phi) is 3.96. The highest BCUT2D eigenvalue weighted by Crippen LogP contribution is 2.22. The summed E-state index contributed by atoms with van der Waals surface area (Å²) in [4.78, 5) is 22.3. The van der Waals surface area contributed by atoms with Crippen molar-refractivity contribution in [1.29, 1.82) is 0 Å². The van der Waals surface area contributed by atoms with Crippen LogP contribution < -0.4 is 16.6 Å². The van der Waals surface area contributed by atoms with Crippen LogP contribution in [0, 0.1) is 10.1 Å². The molecule has 0 aliphatic rings. The number of anilines is 1. The number of nitrogens with one attached hydrogen (secondary N) is 2. The van der Waals surface area contributed by atoms with Crippen LogP contribution in [0.3, 0.4) is 0 Å². The molecule has 0 unspecified atom stereocenters. The van der Waals surface area contributed by atoms with E-state index in [0.717, 1.165) is 5.56 Å². The smallest absolute Gasteiger partial charge is 0.282 e. The second-order valence-electron chi connectivity index (χ2n) is 3.95. The maximum Gasteiger partial charge on any atom is 0.282 e. The highest BCUT2D eigenvalue weighted by atomic mass is 16.6. The van der Waals surface area contributed by atoms with Gasteiger partial charge in [0, 0.05) is 23.9 Å². The maximum absolute atomic E-state index is 12.0. The molecule has 0 spiro atoms. The molecule has 0 saturated heterocycles. The molecule has 0 saturated carbocycles. The minimum Gasteiger partial charge on any atom is -0.472 e. The van der Waals surface area contributed by atoms with Crippen LogP contribution in [0.2, 0.25) is 0 Å². The van der Waals surface area contributed by atoms with Crippen LogP contribution in [0.25, 0.3) is 0 Å². The van der Waals surface area contributed by atoms with Gasteiger partial charge >= 0.3 is 0 Å². The highest BCUT2D eigenvalue weighted by Gasteiger charge is 2.20. The highest BCUT2D eigenvalue weighted by molar-refractivity contribution is 5.99. The third kappa shape index (κ3) is 2.93. The number of benzene rings is 1. The Morgan fingerprint density at radius 1 is 1.40 bits per heavy atom. The standard InChI is InChI=1S/C12H12N4O4/c13-15-9-1-2-11(16(18)19)10(5-9)12(17)14-6-8-3-4-20-7-8/h1-5,7,15H,6,13H2,(H,14,17). The lowest BCUT2D eigenvalue weighted by atomic mass is 10.1. The van der Waals surface area contributed by atoms with Gasteiger partial charge in [0.05, 0.1) is 17.4 Å². The van der Waals surface area contributed by atoms with Gasteiger partial charge in [-0.2, -0.15) is 0 Å². The molecule has 104 valence electrons. The van der Waals surface area contributed by atoms with Crippen LogP contribution in [0.5, 0.6) is 0 Å². The summed E-state index contributed by atoms with van der Waals surface area (Å²) in [5.74, 6) is 4.67. The van der Waals surface area contributed by atoms with E-state index in [1.54, 1.807) is 6.07 Å². The second-order valence-corrected chi connectivity index (χ2v) is 3.95. The summed E-state index contributed by atoms with van der Waals surface area (Å²) < 4.78 is 4.86. The van der Waals surface area contributed by atoms with Gasteiger partial charge in [-0.05, 0) is 18.2 Å². The Morgan fingerprint density at radius 3 is 2.80 bits per heavy atom. The van der Waals surface area contributed by atoms with Crippen molar-refractivity contribution in [2.45, 2.75) is 6.54 Å². The first-order valence-electron chi connectivity index (χ1n) is 5.66. The number of nitro benzene ring substituents is 1. The lowest BCUT2D eigenvalue weighted by Crippen LogP contribution is -2.23. The van der Waals surface area contributed by atoms with Gasteiger partial charge in [0.25, 0.3) is 11.6 Å². The number of furan rings is 1. The summed E-state index contributed by atoms with van der Waals surface area (Å²) in [6.07, 6.45) is 2.95. The number of nitrogen functional groups attached to an aromatic ring is 1. The Hall–Kier alpha value is -2.87. The number of nitrogens with two attached hydrogens (primary N) is 1. The fourth-order valence-corrected chi connectivity index (χ4v) is 1.64. The van der Waals surface area contributed by atoms with Gasteiger partial charge < -0.3 is 15.2 Å². The SMILES string of the molecule is NNc1ccc([N+](=O)[O-])c(C(=O)NCc2ccoc2)c1. The quantitative estimate of drug-likeness (QED) is 0.431. The number of carbonyl (C=O) groups is 1. The third-order valence-corrected chi connectivity index (χ3v) is 2.64. The number of hydrazine groups is 1. The van der Waals surface area contributed by atoms with Crippen LogP contribution in [0.1, 0.15) is 15.9 Å². The first-order chi connectivity index (χ1) is 9.61. The second kappa shape index (κ2) is 5.85. The Balaban J connectivity index is 2.20. The van der Waals surface area contributed by atoms with Gasteiger partial charge in [-0.25, -0.2) is 0 Å². The number of amides is 1. The molecule has 8 heteroatoms. The van der Waals surface area contributed by atoms with Crippen molar-refractivity contribution in [2.75, 3.05) is 5.43 Å². The molecule has 2 rings (SSSR count). The predicted molar refractivity (Wildman–Crippen MR) is 70.8 cm³/mol. The lowest BCUT2D eigenvalue weighted by Gasteiger charge is -2.06. The van der Waals surface area contributed by atoms with Crippen molar-refractivity contribution in [1.82, 2.24) is 5.32 Å². The molecule has 8 nitrogen and oxygen atoms in total. The normalized spacial score (nSPS) is 10.1. The number of carbonyl (C=O) groups excluding carboxylic acids is 1. The monoisotopic (exact) mass is 276 g/mol. The molecular formula is C12H12N4O4. The third-order valence-electron chi connectivity index (χ3n) is 2.64. The zero-order valence-electron chi connectivity index (χ0n) is 10.3. The predicted octanol–water partition coefficient (Wildman–Crippen LogP) is 1.40. The molecule has 4 N–H and O–H groups in total.